The maximum absolute atomic E-state index is 13.3. The summed E-state index contributed by atoms with van der Waals surface area (Å²) in [5.74, 6) is 1.22. The summed E-state index contributed by atoms with van der Waals surface area (Å²) in [5, 5.41) is 12.7. The Bertz CT molecular complexity index is 1230. The molecule has 0 unspecified atom stereocenters. The number of ether oxygens (including phenoxy) is 3. The van der Waals surface area contributed by atoms with Crippen LogP contribution < -0.4 is 19.5 Å². The summed E-state index contributed by atoms with van der Waals surface area (Å²) in [7, 11) is 4.57. The Labute approximate surface area is 220 Å². The van der Waals surface area contributed by atoms with Crippen molar-refractivity contribution in [2.45, 2.75) is 38.5 Å². The van der Waals surface area contributed by atoms with E-state index in [9.17, 15) is 9.59 Å². The van der Waals surface area contributed by atoms with Gasteiger partial charge < -0.3 is 24.4 Å². The molecule has 0 saturated carbocycles. The van der Waals surface area contributed by atoms with E-state index in [1.165, 1.54) is 31.1 Å². The molecule has 0 radical (unpaired) electrons. The number of carbonyl (C=O) groups is 2. The molecule has 0 spiro atoms. The number of aryl methyl sites for hydroxylation is 2. The highest BCUT2D eigenvalue weighted by atomic mass is 32.1. The number of nitrogens with one attached hydrogen (secondary N) is 2. The van der Waals surface area contributed by atoms with Gasteiger partial charge in [0, 0.05) is 36.6 Å². The van der Waals surface area contributed by atoms with E-state index in [1.807, 2.05) is 23.4 Å². The molecule has 198 valence electrons. The predicted octanol–water partition coefficient (Wildman–Crippen LogP) is 3.58. The summed E-state index contributed by atoms with van der Waals surface area (Å²) in [6.07, 6.45) is 5.07. The van der Waals surface area contributed by atoms with Crippen molar-refractivity contribution in [1.82, 2.24) is 25.4 Å². The van der Waals surface area contributed by atoms with Crippen LogP contribution in [0.4, 0.5) is 0 Å². The van der Waals surface area contributed by atoms with E-state index in [1.54, 1.807) is 19.2 Å². The van der Waals surface area contributed by atoms with Crippen LogP contribution in [0.5, 0.6) is 17.2 Å². The van der Waals surface area contributed by atoms with Crippen LogP contribution in [0.3, 0.4) is 0 Å². The number of amides is 2. The van der Waals surface area contributed by atoms with Crippen molar-refractivity contribution in [3.05, 3.63) is 51.2 Å². The number of H-pyrrole nitrogens is 1. The molecule has 11 heteroatoms. The van der Waals surface area contributed by atoms with Crippen LogP contribution in [0.15, 0.2) is 23.7 Å². The van der Waals surface area contributed by atoms with Crippen LogP contribution in [0.1, 0.15) is 62.3 Å². The zero-order chi connectivity index (χ0) is 26.4. The molecule has 0 atom stereocenters. The Morgan fingerprint density at radius 2 is 1.89 bits per heavy atom. The number of aromatic nitrogens is 3. The first kappa shape index (κ1) is 26.5. The van der Waals surface area contributed by atoms with Crippen molar-refractivity contribution in [3.8, 4) is 17.2 Å². The summed E-state index contributed by atoms with van der Waals surface area (Å²) < 4.78 is 16.2. The summed E-state index contributed by atoms with van der Waals surface area (Å²) in [5.41, 5.74) is 3.12. The highest BCUT2D eigenvalue weighted by Gasteiger charge is 2.29. The number of carbonyl (C=O) groups excluding carboxylic acids is 2. The van der Waals surface area contributed by atoms with Gasteiger partial charge in [0.15, 0.2) is 11.5 Å². The number of hydrogen-bond donors (Lipinski definition) is 2. The minimum Gasteiger partial charge on any atom is -0.493 e. The van der Waals surface area contributed by atoms with Crippen LogP contribution in [0, 0.1) is 6.92 Å². The van der Waals surface area contributed by atoms with Gasteiger partial charge in [0.05, 0.1) is 38.1 Å². The molecule has 1 aliphatic rings. The van der Waals surface area contributed by atoms with Crippen molar-refractivity contribution >= 4 is 23.2 Å². The van der Waals surface area contributed by atoms with E-state index in [2.05, 4.69) is 20.5 Å². The van der Waals surface area contributed by atoms with Crippen LogP contribution in [0.2, 0.25) is 0 Å². The Balaban J connectivity index is 1.30. The zero-order valence-electron chi connectivity index (χ0n) is 21.6. The molecular formula is C26H33N5O5S. The Morgan fingerprint density at radius 3 is 2.54 bits per heavy atom. The van der Waals surface area contributed by atoms with Gasteiger partial charge in [-0.15, -0.1) is 11.3 Å². The van der Waals surface area contributed by atoms with Gasteiger partial charge in [-0.2, -0.15) is 5.10 Å². The van der Waals surface area contributed by atoms with Gasteiger partial charge in [-0.3, -0.25) is 14.7 Å². The number of nitrogens with zero attached hydrogens (tertiary/aromatic N) is 3. The van der Waals surface area contributed by atoms with Crippen LogP contribution >= 0.6 is 11.3 Å². The normalized spacial score (nSPS) is 13.9. The number of methoxy groups -OCH3 is 3. The molecule has 1 fully saturated rings. The third-order valence-corrected chi connectivity index (χ3v) is 7.67. The van der Waals surface area contributed by atoms with Crippen molar-refractivity contribution in [2.24, 2.45) is 0 Å². The van der Waals surface area contributed by atoms with Gasteiger partial charge in [0.2, 0.25) is 5.75 Å². The molecular weight excluding hydrogens is 494 g/mol. The van der Waals surface area contributed by atoms with Gasteiger partial charge in [-0.05, 0) is 50.3 Å². The molecule has 2 N–H and O–H groups in total. The first-order valence-corrected chi connectivity index (χ1v) is 13.2. The number of thiazole rings is 1. The summed E-state index contributed by atoms with van der Waals surface area (Å²) in [4.78, 5) is 32.3. The molecule has 4 rings (SSSR count). The predicted molar refractivity (Wildman–Crippen MR) is 140 cm³/mol. The Hall–Kier alpha value is -3.60. The third kappa shape index (κ3) is 5.87. The second-order valence-electron chi connectivity index (χ2n) is 8.90. The molecule has 0 aliphatic carbocycles. The highest BCUT2D eigenvalue weighted by molar-refractivity contribution is 7.09. The van der Waals surface area contributed by atoms with Crippen molar-refractivity contribution in [2.75, 3.05) is 41.0 Å². The summed E-state index contributed by atoms with van der Waals surface area (Å²) in [6, 6.07) is 3.42. The molecule has 1 saturated heterocycles. The van der Waals surface area contributed by atoms with Gasteiger partial charge in [0.1, 0.15) is 5.69 Å². The van der Waals surface area contributed by atoms with E-state index in [0.29, 0.717) is 48.1 Å². The smallest absolute Gasteiger partial charge is 0.270 e. The van der Waals surface area contributed by atoms with Crippen molar-refractivity contribution in [1.29, 1.82) is 0 Å². The van der Waals surface area contributed by atoms with E-state index >= 15 is 0 Å². The third-order valence-electron chi connectivity index (χ3n) is 6.66. The second kappa shape index (κ2) is 12.1. The molecule has 2 aromatic heterocycles. The first-order chi connectivity index (χ1) is 18.0. The van der Waals surface area contributed by atoms with E-state index in [-0.39, 0.29) is 17.7 Å². The number of aromatic amines is 1. The molecule has 1 aliphatic heterocycles. The maximum atomic E-state index is 13.3. The first-order valence-electron chi connectivity index (χ1n) is 12.3. The topological polar surface area (TPSA) is 119 Å². The molecule has 1 aromatic carbocycles. The van der Waals surface area contributed by atoms with E-state index < -0.39 is 0 Å². The standard InChI is InChI=1S/C26H33N5O5S/c1-16-18(14-28-30-16)6-5-11-27-24(32)20-15-37-25(29-20)17-9-12-31(13-10-17)26(33)19-7-8-21(34-2)23(36-4)22(19)35-3/h7-8,14-15,17H,5-6,9-13H2,1-4H3,(H,27,32)(H,28,30). The van der Waals surface area contributed by atoms with Crippen LogP contribution in [-0.4, -0.2) is 72.9 Å². The maximum Gasteiger partial charge on any atom is 0.270 e. The molecule has 3 aromatic rings. The van der Waals surface area contributed by atoms with Crippen molar-refractivity contribution in [3.63, 3.8) is 0 Å². The lowest BCUT2D eigenvalue weighted by atomic mass is 9.97. The Kier molecular flexibility index (Phi) is 8.65. The van der Waals surface area contributed by atoms with Crippen LogP contribution in [-0.2, 0) is 6.42 Å². The lowest BCUT2D eigenvalue weighted by Crippen LogP contribution is -2.38. The van der Waals surface area contributed by atoms with Gasteiger partial charge >= 0.3 is 0 Å². The number of rotatable bonds is 10. The lowest BCUT2D eigenvalue weighted by Gasteiger charge is -2.31. The molecule has 2 amide bonds. The van der Waals surface area contributed by atoms with E-state index in [4.69, 9.17) is 14.2 Å². The minimum absolute atomic E-state index is 0.110. The molecule has 37 heavy (non-hydrogen) atoms. The summed E-state index contributed by atoms with van der Waals surface area (Å²) in [6.45, 7) is 3.76. The minimum atomic E-state index is -0.153. The zero-order valence-corrected chi connectivity index (χ0v) is 22.4. The van der Waals surface area contributed by atoms with Gasteiger partial charge in [0.25, 0.3) is 11.8 Å². The number of likely N-dealkylation sites (tertiary alicyclic amines) is 1. The SMILES string of the molecule is COc1ccc(C(=O)N2CCC(c3nc(C(=O)NCCCc4cn[nH]c4C)cs3)CC2)c(OC)c1OC. The van der Waals surface area contributed by atoms with Gasteiger partial charge in [-0.1, -0.05) is 0 Å². The summed E-state index contributed by atoms with van der Waals surface area (Å²) >= 11 is 1.51. The lowest BCUT2D eigenvalue weighted by molar-refractivity contribution is 0.0708. The quantitative estimate of drug-likeness (QED) is 0.387. The molecule has 0 bridgehead atoms. The average molecular weight is 528 g/mol. The molecule has 10 nitrogen and oxygen atoms in total. The average Bonchev–Trinajstić information content (AvgIpc) is 3.59. The van der Waals surface area contributed by atoms with Crippen molar-refractivity contribution < 1.29 is 23.8 Å². The van der Waals surface area contributed by atoms with Crippen LogP contribution in [0.25, 0.3) is 0 Å². The van der Waals surface area contributed by atoms with Gasteiger partial charge in [-0.25, -0.2) is 4.98 Å². The molecule has 3 heterocycles. The second-order valence-corrected chi connectivity index (χ2v) is 9.79. The van der Waals surface area contributed by atoms with E-state index in [0.717, 1.165) is 36.4 Å². The Morgan fingerprint density at radius 1 is 1.14 bits per heavy atom. The number of hydrogen-bond acceptors (Lipinski definition) is 8. The fraction of sp³-hybridized carbons (Fsp3) is 0.462. The fourth-order valence-electron chi connectivity index (χ4n) is 4.55. The largest absolute Gasteiger partial charge is 0.493 e. The number of piperidine rings is 1. The fourth-order valence-corrected chi connectivity index (χ4v) is 5.52. The monoisotopic (exact) mass is 527 g/mol. The highest BCUT2D eigenvalue weighted by Crippen LogP contribution is 2.40. The number of benzene rings is 1.